The van der Waals surface area contributed by atoms with E-state index in [9.17, 15) is 18.0 Å². The summed E-state index contributed by atoms with van der Waals surface area (Å²) in [6.07, 6.45) is -3.39. The molecule has 0 atom stereocenters. The van der Waals surface area contributed by atoms with Crippen LogP contribution in [0.4, 0.5) is 13.2 Å². The number of aromatic nitrogens is 3. The molecule has 1 amide bonds. The first-order valence-electron chi connectivity index (χ1n) is 6.63. The number of hydrogen-bond acceptors (Lipinski definition) is 4. The van der Waals surface area contributed by atoms with Crippen molar-refractivity contribution >= 4 is 27.5 Å². The summed E-state index contributed by atoms with van der Waals surface area (Å²) >= 11 is 1.46. The number of hydrogen-bond donors (Lipinski definition) is 1. The number of carbonyl (C=O) groups excluding carboxylic acids is 1. The Morgan fingerprint density at radius 2 is 2.04 bits per heavy atom. The van der Waals surface area contributed by atoms with Crippen LogP contribution in [0.3, 0.4) is 0 Å². The van der Waals surface area contributed by atoms with Gasteiger partial charge in [-0.1, -0.05) is 12.1 Å². The third-order valence-electron chi connectivity index (χ3n) is 3.01. The van der Waals surface area contributed by atoms with Crippen LogP contribution in [0.25, 0.3) is 10.2 Å². The summed E-state index contributed by atoms with van der Waals surface area (Å²) in [4.78, 5) is 16.1. The minimum atomic E-state index is -4.51. The van der Waals surface area contributed by atoms with E-state index in [-0.39, 0.29) is 13.1 Å². The van der Waals surface area contributed by atoms with Crippen molar-refractivity contribution in [2.24, 2.45) is 0 Å². The van der Waals surface area contributed by atoms with Crippen LogP contribution in [0.5, 0.6) is 0 Å². The van der Waals surface area contributed by atoms with E-state index in [1.165, 1.54) is 11.3 Å². The average Bonchev–Trinajstić information content (AvgIpc) is 3.10. The van der Waals surface area contributed by atoms with E-state index in [1.54, 1.807) is 0 Å². The van der Waals surface area contributed by atoms with Crippen molar-refractivity contribution in [2.45, 2.75) is 19.3 Å². The van der Waals surface area contributed by atoms with Gasteiger partial charge in [-0.25, -0.2) is 4.98 Å². The van der Waals surface area contributed by atoms with Crippen molar-refractivity contribution in [2.75, 3.05) is 0 Å². The molecule has 1 N–H and O–H groups in total. The van der Waals surface area contributed by atoms with Crippen LogP contribution in [-0.4, -0.2) is 20.7 Å². The van der Waals surface area contributed by atoms with Crippen molar-refractivity contribution < 1.29 is 18.0 Å². The quantitative estimate of drug-likeness (QED) is 0.794. The molecular weight excluding hydrogens is 329 g/mol. The Kier molecular flexibility index (Phi) is 4.03. The first kappa shape index (κ1) is 15.5. The number of nitrogens with zero attached hydrogens (tertiary/aromatic N) is 3. The Hall–Kier alpha value is -2.42. The lowest BCUT2D eigenvalue weighted by atomic mass is 10.3. The Balaban J connectivity index is 1.58. The highest BCUT2D eigenvalue weighted by molar-refractivity contribution is 7.18. The average molecular weight is 340 g/mol. The molecule has 2 heterocycles. The third kappa shape index (κ3) is 3.67. The highest BCUT2D eigenvalue weighted by atomic mass is 32.1. The van der Waals surface area contributed by atoms with Crippen molar-refractivity contribution in [1.29, 1.82) is 0 Å². The second-order valence-corrected chi connectivity index (χ2v) is 5.86. The fourth-order valence-electron chi connectivity index (χ4n) is 1.97. The van der Waals surface area contributed by atoms with Gasteiger partial charge in [-0.3, -0.25) is 9.48 Å². The molecule has 3 rings (SSSR count). The number of halogens is 3. The molecule has 120 valence electrons. The minimum absolute atomic E-state index is 0.228. The van der Waals surface area contributed by atoms with E-state index >= 15 is 0 Å². The zero-order chi connectivity index (χ0) is 16.4. The number of thiazole rings is 1. The molecule has 0 aliphatic rings. The molecule has 0 saturated heterocycles. The fraction of sp³-hybridized carbons (Fsp3) is 0.214. The number of para-hydroxylation sites is 1. The maximum atomic E-state index is 12.4. The third-order valence-corrected chi connectivity index (χ3v) is 4.05. The van der Waals surface area contributed by atoms with E-state index in [2.05, 4.69) is 15.4 Å². The predicted molar refractivity (Wildman–Crippen MR) is 78.7 cm³/mol. The largest absolute Gasteiger partial charge is 0.435 e. The highest BCUT2D eigenvalue weighted by Crippen LogP contribution is 2.27. The number of rotatable bonds is 4. The van der Waals surface area contributed by atoms with Crippen molar-refractivity contribution in [3.63, 3.8) is 0 Å². The van der Waals surface area contributed by atoms with E-state index in [4.69, 9.17) is 0 Å². The van der Waals surface area contributed by atoms with E-state index in [1.807, 2.05) is 24.3 Å². The Labute approximate surface area is 132 Å². The van der Waals surface area contributed by atoms with Gasteiger partial charge in [0.25, 0.3) is 0 Å². The SMILES string of the molecule is O=C(Cn1ccc(C(F)(F)F)n1)NCc1nc2ccccc2s1. The van der Waals surface area contributed by atoms with E-state index in [0.717, 1.165) is 32.2 Å². The molecule has 5 nitrogen and oxygen atoms in total. The van der Waals surface area contributed by atoms with Gasteiger partial charge in [-0.2, -0.15) is 18.3 Å². The standard InChI is InChI=1S/C14H11F3N4OS/c15-14(16,17)11-5-6-21(20-11)8-12(22)18-7-13-19-9-3-1-2-4-10(9)23-13/h1-6H,7-8H2,(H,18,22). The molecule has 0 radical (unpaired) electrons. The summed E-state index contributed by atoms with van der Waals surface area (Å²) in [5.41, 5.74) is -0.167. The summed E-state index contributed by atoms with van der Waals surface area (Å²) in [5.74, 6) is -0.430. The Bertz CT molecular complexity index is 807. The summed E-state index contributed by atoms with van der Waals surface area (Å²) < 4.78 is 39.2. The fourth-order valence-corrected chi connectivity index (χ4v) is 2.88. The molecule has 0 fully saturated rings. The van der Waals surface area contributed by atoms with Gasteiger partial charge >= 0.3 is 6.18 Å². The first-order valence-corrected chi connectivity index (χ1v) is 7.45. The lowest BCUT2D eigenvalue weighted by Crippen LogP contribution is -2.27. The molecule has 9 heteroatoms. The number of fused-ring (bicyclic) bond motifs is 1. The maximum Gasteiger partial charge on any atom is 0.435 e. The highest BCUT2D eigenvalue weighted by Gasteiger charge is 2.33. The summed E-state index contributed by atoms with van der Waals surface area (Å²) in [6, 6.07) is 8.42. The Morgan fingerprint density at radius 3 is 2.74 bits per heavy atom. The molecule has 1 aromatic carbocycles. The van der Waals surface area contributed by atoms with Crippen LogP contribution in [-0.2, 0) is 24.1 Å². The topological polar surface area (TPSA) is 59.8 Å². The van der Waals surface area contributed by atoms with Gasteiger partial charge in [-0.15, -0.1) is 11.3 Å². The van der Waals surface area contributed by atoms with Crippen molar-refractivity contribution in [3.8, 4) is 0 Å². The zero-order valence-electron chi connectivity index (χ0n) is 11.7. The van der Waals surface area contributed by atoms with Crippen LogP contribution in [0, 0.1) is 0 Å². The number of nitrogens with one attached hydrogen (secondary N) is 1. The molecule has 23 heavy (non-hydrogen) atoms. The molecular formula is C14H11F3N4OS. The van der Waals surface area contributed by atoms with Crippen LogP contribution in [0.1, 0.15) is 10.7 Å². The molecule has 0 aliphatic heterocycles. The smallest absolute Gasteiger partial charge is 0.348 e. The van der Waals surface area contributed by atoms with Crippen LogP contribution in [0.2, 0.25) is 0 Å². The van der Waals surface area contributed by atoms with Gasteiger partial charge in [-0.05, 0) is 18.2 Å². The molecule has 0 spiro atoms. The number of carbonyl (C=O) groups is 1. The summed E-state index contributed by atoms with van der Waals surface area (Å²) in [7, 11) is 0. The van der Waals surface area contributed by atoms with Gasteiger partial charge in [0.05, 0.1) is 16.8 Å². The molecule has 0 unspecified atom stereocenters. The number of benzene rings is 1. The lowest BCUT2D eigenvalue weighted by molar-refractivity contribution is -0.141. The predicted octanol–water partition coefficient (Wildman–Crippen LogP) is 2.83. The zero-order valence-corrected chi connectivity index (χ0v) is 12.5. The second kappa shape index (κ2) is 5.99. The van der Waals surface area contributed by atoms with Crippen LogP contribution >= 0.6 is 11.3 Å². The second-order valence-electron chi connectivity index (χ2n) is 4.75. The van der Waals surface area contributed by atoms with Crippen molar-refractivity contribution in [3.05, 3.63) is 47.2 Å². The van der Waals surface area contributed by atoms with Gasteiger partial charge in [0.15, 0.2) is 5.69 Å². The van der Waals surface area contributed by atoms with E-state index in [0.29, 0.717) is 0 Å². The molecule has 0 saturated carbocycles. The monoisotopic (exact) mass is 340 g/mol. The van der Waals surface area contributed by atoms with Crippen LogP contribution in [0.15, 0.2) is 36.5 Å². The summed E-state index contributed by atoms with van der Waals surface area (Å²) in [5, 5.41) is 6.68. The normalized spacial score (nSPS) is 11.8. The maximum absolute atomic E-state index is 12.4. The van der Waals surface area contributed by atoms with E-state index < -0.39 is 17.8 Å². The lowest BCUT2D eigenvalue weighted by Gasteiger charge is -2.04. The molecule has 2 aromatic heterocycles. The first-order chi connectivity index (χ1) is 10.9. The Morgan fingerprint density at radius 1 is 1.26 bits per heavy atom. The van der Waals surface area contributed by atoms with Crippen molar-refractivity contribution in [1.82, 2.24) is 20.1 Å². The van der Waals surface area contributed by atoms with Gasteiger partial charge < -0.3 is 5.32 Å². The molecule has 0 bridgehead atoms. The van der Waals surface area contributed by atoms with Crippen LogP contribution < -0.4 is 5.32 Å². The molecule has 0 aliphatic carbocycles. The molecule has 3 aromatic rings. The summed E-state index contributed by atoms with van der Waals surface area (Å²) in [6.45, 7) is -0.0491. The van der Waals surface area contributed by atoms with Gasteiger partial charge in [0, 0.05) is 6.20 Å². The van der Waals surface area contributed by atoms with Gasteiger partial charge in [0.2, 0.25) is 5.91 Å². The van der Waals surface area contributed by atoms with Gasteiger partial charge in [0.1, 0.15) is 11.6 Å². The number of amides is 1. The minimum Gasteiger partial charge on any atom is -0.348 e. The number of alkyl halides is 3.